The molecule has 1 amide bonds. The number of amides is 1. The first-order valence-corrected chi connectivity index (χ1v) is 13.2. The van der Waals surface area contributed by atoms with Crippen LogP contribution in [0.15, 0.2) is 41.2 Å². The smallest absolute Gasteiger partial charge is 0.337 e. The predicted molar refractivity (Wildman–Crippen MR) is 149 cm³/mol. The fraction of sp³-hybridized carbons (Fsp3) is 0.448. The summed E-state index contributed by atoms with van der Waals surface area (Å²) < 4.78 is 6.69. The van der Waals surface area contributed by atoms with E-state index in [1.54, 1.807) is 47.9 Å². The minimum atomic E-state index is -1.01. The van der Waals surface area contributed by atoms with Crippen molar-refractivity contribution in [3.63, 3.8) is 0 Å². The number of para-hydroxylation sites is 1. The summed E-state index contributed by atoms with van der Waals surface area (Å²) in [5.74, 6) is 0.241. The number of carboxylic acids is 1. The fourth-order valence-electron chi connectivity index (χ4n) is 5.91. The third-order valence-corrected chi connectivity index (χ3v) is 8.10. The Balaban J connectivity index is 1.43. The molecule has 1 aromatic heterocycles. The van der Waals surface area contributed by atoms with Gasteiger partial charge in [0.2, 0.25) is 11.9 Å². The van der Waals surface area contributed by atoms with Crippen LogP contribution in [0.1, 0.15) is 34.5 Å². The molecule has 2 fully saturated rings. The van der Waals surface area contributed by atoms with Gasteiger partial charge in [0, 0.05) is 58.0 Å². The number of carboxylic acid groups (broad SMARTS) is 1. The average molecular weight is 534 g/mol. The van der Waals surface area contributed by atoms with Gasteiger partial charge < -0.3 is 25.0 Å². The molecule has 5 rings (SSSR count). The lowest BCUT2D eigenvalue weighted by molar-refractivity contribution is -0.132. The zero-order valence-corrected chi connectivity index (χ0v) is 23.0. The van der Waals surface area contributed by atoms with Crippen LogP contribution in [0, 0.1) is 24.7 Å². The van der Waals surface area contributed by atoms with E-state index in [4.69, 9.17) is 9.72 Å². The maximum absolute atomic E-state index is 13.5. The number of rotatable bonds is 9. The molecule has 2 aliphatic rings. The molecule has 10 nitrogen and oxygen atoms in total. The number of carbonyl (C=O) groups is 2. The lowest BCUT2D eigenvalue weighted by atomic mass is 10.0. The van der Waals surface area contributed by atoms with Crippen molar-refractivity contribution in [2.45, 2.75) is 19.9 Å². The van der Waals surface area contributed by atoms with Gasteiger partial charge in [-0.3, -0.25) is 14.2 Å². The number of ether oxygens (including phenoxy) is 1. The Hall–Kier alpha value is -3.92. The van der Waals surface area contributed by atoms with Crippen LogP contribution in [0.2, 0.25) is 0 Å². The van der Waals surface area contributed by atoms with Gasteiger partial charge in [-0.2, -0.15) is 0 Å². The van der Waals surface area contributed by atoms with Crippen LogP contribution in [0.25, 0.3) is 10.9 Å². The number of carbonyl (C=O) groups excluding carboxylic acids is 1. The average Bonchev–Trinajstić information content (AvgIpc) is 3.41. The summed E-state index contributed by atoms with van der Waals surface area (Å²) in [7, 11) is 5.18. The number of anilines is 2. The van der Waals surface area contributed by atoms with Crippen LogP contribution in [0.4, 0.5) is 11.6 Å². The number of nitrogens with one attached hydrogen (secondary N) is 1. The first-order valence-electron chi connectivity index (χ1n) is 13.2. The largest absolute Gasteiger partial charge is 0.478 e. The molecule has 1 saturated carbocycles. The second-order valence-electron chi connectivity index (χ2n) is 10.8. The quantitative estimate of drug-likeness (QED) is 0.431. The van der Waals surface area contributed by atoms with E-state index in [0.29, 0.717) is 48.8 Å². The minimum absolute atomic E-state index is 0.0114. The number of hydrogen-bond acceptors (Lipinski definition) is 7. The lowest BCUT2D eigenvalue weighted by Crippen LogP contribution is -2.37. The number of fused-ring (bicyclic) bond motifs is 2. The van der Waals surface area contributed by atoms with Crippen molar-refractivity contribution in [3.8, 4) is 0 Å². The third kappa shape index (κ3) is 4.85. The molecule has 206 valence electrons. The van der Waals surface area contributed by atoms with Crippen LogP contribution in [-0.4, -0.2) is 71.8 Å². The summed E-state index contributed by atoms with van der Waals surface area (Å²) in [4.78, 5) is 47.0. The van der Waals surface area contributed by atoms with E-state index in [2.05, 4.69) is 10.2 Å². The molecule has 0 bridgehead atoms. The van der Waals surface area contributed by atoms with E-state index in [-0.39, 0.29) is 40.8 Å². The fourth-order valence-corrected chi connectivity index (χ4v) is 5.91. The monoisotopic (exact) mass is 533 g/mol. The standard InChI is InChI=1S/C29H35N5O5/c1-16-12-19(17(2)30-23-9-7-6-8-18(23)28(37)38)25-20(13-16)26(35)33(4)29(31-25)34-14-21-22(15-34)24(21)27(36)32(3)10-11-39-5/h6-9,12-13,17,21-22,24,30H,10-11,14-15H2,1-5H3,(H,37,38)/t17?,21-,22+,24-. The highest BCUT2D eigenvalue weighted by atomic mass is 16.5. The number of aromatic nitrogens is 2. The number of benzene rings is 2. The summed E-state index contributed by atoms with van der Waals surface area (Å²) in [5.41, 5.74) is 2.89. The van der Waals surface area contributed by atoms with Crippen molar-refractivity contribution in [1.82, 2.24) is 14.5 Å². The number of hydrogen-bond donors (Lipinski definition) is 2. The summed E-state index contributed by atoms with van der Waals surface area (Å²) in [6.07, 6.45) is 0. The molecule has 1 aliphatic heterocycles. The molecule has 1 unspecified atom stereocenters. The van der Waals surface area contributed by atoms with Gasteiger partial charge in [-0.05, 0) is 49.4 Å². The van der Waals surface area contributed by atoms with Crippen molar-refractivity contribution in [1.29, 1.82) is 0 Å². The Morgan fingerprint density at radius 2 is 1.92 bits per heavy atom. The lowest BCUT2D eigenvalue weighted by Gasteiger charge is -2.25. The summed E-state index contributed by atoms with van der Waals surface area (Å²) >= 11 is 0. The van der Waals surface area contributed by atoms with Gasteiger partial charge in [-0.1, -0.05) is 18.2 Å². The van der Waals surface area contributed by atoms with E-state index in [1.807, 2.05) is 33.0 Å². The molecule has 1 saturated heterocycles. The molecule has 2 heterocycles. The van der Waals surface area contributed by atoms with Gasteiger partial charge in [-0.25, -0.2) is 9.78 Å². The Morgan fingerprint density at radius 1 is 1.23 bits per heavy atom. The van der Waals surface area contributed by atoms with Crippen molar-refractivity contribution >= 4 is 34.4 Å². The molecular formula is C29H35N5O5. The van der Waals surface area contributed by atoms with Gasteiger partial charge in [0.25, 0.3) is 5.56 Å². The Labute approximate surface area is 227 Å². The normalized spacial score (nSPS) is 20.5. The van der Waals surface area contributed by atoms with Gasteiger partial charge in [0.15, 0.2) is 0 Å². The third-order valence-electron chi connectivity index (χ3n) is 8.10. The van der Waals surface area contributed by atoms with Crippen molar-refractivity contribution in [2.75, 3.05) is 50.6 Å². The number of aryl methyl sites for hydroxylation is 1. The van der Waals surface area contributed by atoms with E-state index in [9.17, 15) is 19.5 Å². The number of aromatic carboxylic acids is 1. The second-order valence-corrected chi connectivity index (χ2v) is 10.8. The first-order chi connectivity index (χ1) is 18.6. The van der Waals surface area contributed by atoms with Crippen molar-refractivity contribution in [3.05, 3.63) is 63.4 Å². The number of methoxy groups -OCH3 is 1. The highest BCUT2D eigenvalue weighted by Gasteiger charge is 2.60. The zero-order chi connectivity index (χ0) is 28.0. The van der Waals surface area contributed by atoms with Gasteiger partial charge in [-0.15, -0.1) is 0 Å². The Bertz CT molecular complexity index is 1490. The molecule has 10 heteroatoms. The first kappa shape index (κ1) is 26.7. The van der Waals surface area contributed by atoms with E-state index < -0.39 is 5.97 Å². The molecule has 0 spiro atoms. The Kier molecular flexibility index (Phi) is 7.07. The molecule has 4 atom stereocenters. The van der Waals surface area contributed by atoms with Crippen LogP contribution in [0.5, 0.6) is 0 Å². The maximum atomic E-state index is 13.5. The second kappa shape index (κ2) is 10.3. The van der Waals surface area contributed by atoms with E-state index in [0.717, 1.165) is 11.1 Å². The number of piperidine rings is 1. The molecule has 0 radical (unpaired) electrons. The predicted octanol–water partition coefficient (Wildman–Crippen LogP) is 2.90. The highest BCUT2D eigenvalue weighted by Crippen LogP contribution is 2.53. The highest BCUT2D eigenvalue weighted by molar-refractivity contribution is 5.94. The van der Waals surface area contributed by atoms with Crippen LogP contribution >= 0.6 is 0 Å². The molecule has 1 aliphatic carbocycles. The molecule has 39 heavy (non-hydrogen) atoms. The zero-order valence-electron chi connectivity index (χ0n) is 23.0. The number of likely N-dealkylation sites (N-methyl/N-ethyl adjacent to an activating group) is 1. The van der Waals surface area contributed by atoms with Crippen LogP contribution in [-0.2, 0) is 16.6 Å². The van der Waals surface area contributed by atoms with Gasteiger partial charge in [0.05, 0.1) is 29.1 Å². The molecule has 2 N–H and O–H groups in total. The van der Waals surface area contributed by atoms with Crippen molar-refractivity contribution in [2.24, 2.45) is 24.8 Å². The summed E-state index contributed by atoms with van der Waals surface area (Å²) in [5, 5.41) is 13.4. The Morgan fingerprint density at radius 3 is 2.59 bits per heavy atom. The van der Waals surface area contributed by atoms with Crippen LogP contribution in [0.3, 0.4) is 0 Å². The molecule has 2 aromatic carbocycles. The maximum Gasteiger partial charge on any atom is 0.337 e. The molecular weight excluding hydrogens is 498 g/mol. The summed E-state index contributed by atoms with van der Waals surface area (Å²) in [6, 6.07) is 10.3. The molecule has 3 aromatic rings. The SMILES string of the molecule is COCCN(C)C(=O)[C@@H]1[C@@H]2CN(c3nc4c(C(C)Nc5ccccc5C(=O)O)cc(C)cc4c(=O)n3C)C[C@@H]21. The van der Waals surface area contributed by atoms with Gasteiger partial charge >= 0.3 is 5.97 Å². The minimum Gasteiger partial charge on any atom is -0.478 e. The van der Waals surface area contributed by atoms with E-state index >= 15 is 0 Å². The number of nitrogens with zero attached hydrogens (tertiary/aromatic N) is 4. The summed E-state index contributed by atoms with van der Waals surface area (Å²) in [6.45, 7) is 6.30. The van der Waals surface area contributed by atoms with Crippen molar-refractivity contribution < 1.29 is 19.4 Å². The topological polar surface area (TPSA) is 117 Å². The van der Waals surface area contributed by atoms with Gasteiger partial charge in [0.1, 0.15) is 0 Å². The van der Waals surface area contributed by atoms with E-state index in [1.165, 1.54) is 0 Å². The van der Waals surface area contributed by atoms with Crippen LogP contribution < -0.4 is 15.8 Å².